The molecule has 1 aliphatic heterocycles. The molecule has 1 fully saturated rings. The lowest BCUT2D eigenvalue weighted by Gasteiger charge is -2.20. The highest BCUT2D eigenvalue weighted by atomic mass is 16.2. The van der Waals surface area contributed by atoms with Gasteiger partial charge in [0.25, 0.3) is 5.91 Å². The second kappa shape index (κ2) is 8.66. The first-order chi connectivity index (χ1) is 12.8. The van der Waals surface area contributed by atoms with Crippen molar-refractivity contribution in [1.29, 1.82) is 0 Å². The molecule has 1 aromatic rings. The van der Waals surface area contributed by atoms with Gasteiger partial charge in [0.05, 0.1) is 0 Å². The summed E-state index contributed by atoms with van der Waals surface area (Å²) in [6, 6.07) is 5.24. The van der Waals surface area contributed by atoms with Crippen LogP contribution in [0.2, 0.25) is 0 Å². The molecule has 1 heterocycles. The minimum absolute atomic E-state index is 0.307. The lowest BCUT2D eigenvalue weighted by molar-refractivity contribution is -0.133. The van der Waals surface area contributed by atoms with Crippen LogP contribution in [0, 0.1) is 6.92 Å². The van der Waals surface area contributed by atoms with Gasteiger partial charge in [0.2, 0.25) is 11.8 Å². The molecule has 0 saturated carbocycles. The fourth-order valence-corrected chi connectivity index (χ4v) is 2.81. The highest BCUT2D eigenvalue weighted by Crippen LogP contribution is 2.25. The number of carbonyl (C=O) groups is 4. The van der Waals surface area contributed by atoms with Gasteiger partial charge in [-0.2, -0.15) is 0 Å². The third kappa shape index (κ3) is 4.64. The molecule has 8 nitrogen and oxygen atoms in total. The highest BCUT2D eigenvalue weighted by molar-refractivity contribution is 6.15. The Bertz CT molecular complexity index is 732. The summed E-state index contributed by atoms with van der Waals surface area (Å²) in [6.07, 6.45) is 0.788. The Morgan fingerprint density at radius 1 is 1.19 bits per heavy atom. The van der Waals surface area contributed by atoms with Gasteiger partial charge in [-0.3, -0.25) is 24.2 Å². The van der Waals surface area contributed by atoms with E-state index in [1.807, 2.05) is 26.0 Å². The molecule has 0 bridgehead atoms. The maximum Gasteiger partial charge on any atom is 0.332 e. The maximum absolute atomic E-state index is 12.7. The summed E-state index contributed by atoms with van der Waals surface area (Å²) in [4.78, 5) is 51.5. The minimum Gasteiger partial charge on any atom is -0.354 e. The van der Waals surface area contributed by atoms with E-state index in [1.54, 1.807) is 26.0 Å². The first kappa shape index (κ1) is 20.4. The number of amides is 5. The molecule has 1 saturated heterocycles. The van der Waals surface area contributed by atoms with Crippen LogP contribution in [-0.4, -0.2) is 53.8 Å². The summed E-state index contributed by atoms with van der Waals surface area (Å²) in [5.41, 5.74) is 1.64. The SMILES string of the molecule is CCCNC(=O)[C@@H](C)NC(=O)CN1C(=O)[C@H](C)N(c2ccc(C)cc2)C1=O. The van der Waals surface area contributed by atoms with E-state index < -0.39 is 36.5 Å². The summed E-state index contributed by atoms with van der Waals surface area (Å²) in [6.45, 7) is 7.13. The van der Waals surface area contributed by atoms with Gasteiger partial charge in [-0.25, -0.2) is 4.79 Å². The van der Waals surface area contributed by atoms with Crippen molar-refractivity contribution < 1.29 is 19.2 Å². The van der Waals surface area contributed by atoms with Crippen LogP contribution >= 0.6 is 0 Å². The normalized spacial score (nSPS) is 17.9. The Labute approximate surface area is 158 Å². The van der Waals surface area contributed by atoms with Crippen molar-refractivity contribution in [3.63, 3.8) is 0 Å². The van der Waals surface area contributed by atoms with Crippen LogP contribution in [0.15, 0.2) is 24.3 Å². The second-order valence-electron chi connectivity index (χ2n) is 6.67. The minimum atomic E-state index is -0.748. The number of urea groups is 1. The van der Waals surface area contributed by atoms with Crippen molar-refractivity contribution >= 4 is 29.4 Å². The van der Waals surface area contributed by atoms with Crippen LogP contribution in [0.3, 0.4) is 0 Å². The quantitative estimate of drug-likeness (QED) is 0.700. The summed E-state index contributed by atoms with van der Waals surface area (Å²) >= 11 is 0. The Balaban J connectivity index is 2.03. The van der Waals surface area contributed by atoms with E-state index in [0.717, 1.165) is 16.9 Å². The molecule has 146 valence electrons. The van der Waals surface area contributed by atoms with Crippen molar-refractivity contribution in [2.75, 3.05) is 18.0 Å². The van der Waals surface area contributed by atoms with E-state index in [2.05, 4.69) is 10.6 Å². The number of anilines is 1. The fraction of sp³-hybridized carbons (Fsp3) is 0.474. The van der Waals surface area contributed by atoms with Gasteiger partial charge in [0.1, 0.15) is 18.6 Å². The van der Waals surface area contributed by atoms with Crippen LogP contribution in [0.5, 0.6) is 0 Å². The van der Waals surface area contributed by atoms with Crippen molar-refractivity contribution in [2.24, 2.45) is 0 Å². The fourth-order valence-electron chi connectivity index (χ4n) is 2.81. The smallest absolute Gasteiger partial charge is 0.332 e. The van der Waals surface area contributed by atoms with E-state index >= 15 is 0 Å². The van der Waals surface area contributed by atoms with E-state index in [9.17, 15) is 19.2 Å². The van der Waals surface area contributed by atoms with E-state index in [4.69, 9.17) is 0 Å². The summed E-state index contributed by atoms with van der Waals surface area (Å²) in [7, 11) is 0. The van der Waals surface area contributed by atoms with Gasteiger partial charge in [-0.05, 0) is 39.3 Å². The average Bonchev–Trinajstić information content (AvgIpc) is 2.84. The Morgan fingerprint density at radius 3 is 2.41 bits per heavy atom. The number of nitrogens with zero attached hydrogens (tertiary/aromatic N) is 2. The number of hydrogen-bond acceptors (Lipinski definition) is 4. The predicted molar refractivity (Wildman–Crippen MR) is 101 cm³/mol. The zero-order valence-corrected chi connectivity index (χ0v) is 16.1. The Hall–Kier alpha value is -2.90. The molecule has 2 atom stereocenters. The molecule has 8 heteroatoms. The van der Waals surface area contributed by atoms with E-state index in [0.29, 0.717) is 12.2 Å². The molecule has 0 spiro atoms. The standard InChI is InChI=1S/C19H26N4O4/c1-5-10-20-17(25)13(3)21-16(24)11-22-18(26)14(4)23(19(22)27)15-8-6-12(2)7-9-15/h6-9,13-14H,5,10-11H2,1-4H3,(H,20,25)(H,21,24)/t13-,14+/m1/s1. The van der Waals surface area contributed by atoms with Gasteiger partial charge < -0.3 is 10.6 Å². The van der Waals surface area contributed by atoms with Gasteiger partial charge in [-0.1, -0.05) is 24.6 Å². The molecule has 5 amide bonds. The molecule has 2 rings (SSSR count). The van der Waals surface area contributed by atoms with Gasteiger partial charge >= 0.3 is 6.03 Å². The monoisotopic (exact) mass is 374 g/mol. The first-order valence-corrected chi connectivity index (χ1v) is 9.04. The number of rotatable bonds is 7. The molecule has 1 aromatic carbocycles. The second-order valence-corrected chi connectivity index (χ2v) is 6.67. The summed E-state index contributed by atoms with van der Waals surface area (Å²) in [5, 5.41) is 5.20. The molecular weight excluding hydrogens is 348 g/mol. The van der Waals surface area contributed by atoms with E-state index in [-0.39, 0.29) is 5.91 Å². The third-order valence-corrected chi connectivity index (χ3v) is 4.38. The largest absolute Gasteiger partial charge is 0.354 e. The topological polar surface area (TPSA) is 98.8 Å². The zero-order chi connectivity index (χ0) is 20.1. The molecule has 0 aliphatic carbocycles. The van der Waals surface area contributed by atoms with Crippen LogP contribution < -0.4 is 15.5 Å². The molecule has 0 unspecified atom stereocenters. The van der Waals surface area contributed by atoms with Crippen LogP contribution in [0.25, 0.3) is 0 Å². The number of hydrogen-bond donors (Lipinski definition) is 2. The lowest BCUT2D eigenvalue weighted by Crippen LogP contribution is -2.49. The van der Waals surface area contributed by atoms with Crippen molar-refractivity contribution in [1.82, 2.24) is 15.5 Å². The Morgan fingerprint density at radius 2 is 1.81 bits per heavy atom. The number of aryl methyl sites for hydroxylation is 1. The van der Waals surface area contributed by atoms with Crippen LogP contribution in [-0.2, 0) is 14.4 Å². The maximum atomic E-state index is 12.7. The number of imide groups is 1. The van der Waals surface area contributed by atoms with Crippen LogP contribution in [0.4, 0.5) is 10.5 Å². The molecule has 0 aromatic heterocycles. The van der Waals surface area contributed by atoms with Crippen molar-refractivity contribution in [3.8, 4) is 0 Å². The average molecular weight is 374 g/mol. The van der Waals surface area contributed by atoms with Crippen LogP contribution in [0.1, 0.15) is 32.8 Å². The molecule has 27 heavy (non-hydrogen) atoms. The van der Waals surface area contributed by atoms with Gasteiger partial charge in [0, 0.05) is 12.2 Å². The van der Waals surface area contributed by atoms with E-state index in [1.165, 1.54) is 4.90 Å². The third-order valence-electron chi connectivity index (χ3n) is 4.38. The summed E-state index contributed by atoms with van der Waals surface area (Å²) in [5.74, 6) is -1.31. The number of carbonyl (C=O) groups excluding carboxylic acids is 4. The first-order valence-electron chi connectivity index (χ1n) is 9.04. The zero-order valence-electron chi connectivity index (χ0n) is 16.1. The molecule has 1 aliphatic rings. The summed E-state index contributed by atoms with van der Waals surface area (Å²) < 4.78 is 0. The number of benzene rings is 1. The predicted octanol–water partition coefficient (Wildman–Crippen LogP) is 1.18. The van der Waals surface area contributed by atoms with Gasteiger partial charge in [0.15, 0.2) is 0 Å². The molecule has 2 N–H and O–H groups in total. The van der Waals surface area contributed by atoms with Crippen molar-refractivity contribution in [3.05, 3.63) is 29.8 Å². The molecular formula is C19H26N4O4. The lowest BCUT2D eigenvalue weighted by atomic mass is 10.2. The molecule has 0 radical (unpaired) electrons. The van der Waals surface area contributed by atoms with Gasteiger partial charge in [-0.15, -0.1) is 0 Å². The number of nitrogens with one attached hydrogen (secondary N) is 2. The van der Waals surface area contributed by atoms with Crippen molar-refractivity contribution in [2.45, 2.75) is 46.2 Å². The Kier molecular flexibility index (Phi) is 6.55. The highest BCUT2D eigenvalue weighted by Gasteiger charge is 2.44.